The van der Waals surface area contributed by atoms with E-state index >= 15 is 0 Å². The van der Waals surface area contributed by atoms with Gasteiger partial charge in [0.05, 0.1) is 12.8 Å². The molecule has 0 fully saturated rings. The molecule has 0 spiro atoms. The second-order valence-corrected chi connectivity index (χ2v) is 5.95. The smallest absolute Gasteiger partial charge is 0.341 e. The molecule has 26 heavy (non-hydrogen) atoms. The Morgan fingerprint density at radius 3 is 2.69 bits per heavy atom. The number of amides is 1. The lowest BCUT2D eigenvalue weighted by Gasteiger charge is -2.11. The highest BCUT2D eigenvalue weighted by molar-refractivity contribution is 9.10. The van der Waals surface area contributed by atoms with E-state index in [0.717, 1.165) is 4.47 Å². The molecule has 0 aromatic heterocycles. The zero-order valence-corrected chi connectivity index (χ0v) is 15.5. The van der Waals surface area contributed by atoms with Crippen LogP contribution in [0.5, 0.6) is 11.5 Å². The number of hydrazone groups is 1. The molecule has 0 radical (unpaired) electrons. The van der Waals surface area contributed by atoms with Gasteiger partial charge in [0.15, 0.2) is 18.1 Å². The first kappa shape index (κ1) is 19.5. The van der Waals surface area contributed by atoms with Crippen LogP contribution in [0.3, 0.4) is 0 Å². The second kappa shape index (κ2) is 9.57. The average Bonchev–Trinajstić information content (AvgIpc) is 2.61. The van der Waals surface area contributed by atoms with Gasteiger partial charge in [-0.05, 0) is 48.9 Å². The molecule has 0 bridgehead atoms. The predicted octanol–water partition coefficient (Wildman–Crippen LogP) is 3.08. The summed E-state index contributed by atoms with van der Waals surface area (Å²) in [6.07, 6.45) is 1.46. The third-order valence-corrected chi connectivity index (χ3v) is 3.58. The molecule has 0 saturated carbocycles. The zero-order chi connectivity index (χ0) is 18.9. The molecule has 8 heteroatoms. The molecular formula is C18H17BrN2O5. The fourth-order valence-corrected chi connectivity index (χ4v) is 2.39. The van der Waals surface area contributed by atoms with Crippen molar-refractivity contribution in [1.82, 2.24) is 5.43 Å². The molecule has 2 rings (SSSR count). The maximum absolute atomic E-state index is 12.0. The summed E-state index contributed by atoms with van der Waals surface area (Å²) in [5.74, 6) is -0.692. The monoisotopic (exact) mass is 420 g/mol. The third kappa shape index (κ3) is 5.89. The Hall–Kier alpha value is -2.87. The van der Waals surface area contributed by atoms with Crippen LogP contribution >= 0.6 is 15.9 Å². The van der Waals surface area contributed by atoms with E-state index in [4.69, 9.17) is 14.6 Å². The lowest BCUT2D eigenvalue weighted by atomic mass is 10.2. The number of carboxylic acid groups (broad SMARTS) is 1. The van der Waals surface area contributed by atoms with Gasteiger partial charge in [0.2, 0.25) is 0 Å². The van der Waals surface area contributed by atoms with E-state index in [0.29, 0.717) is 29.2 Å². The van der Waals surface area contributed by atoms with E-state index in [1.54, 1.807) is 43.3 Å². The van der Waals surface area contributed by atoms with Crippen LogP contribution in [0.15, 0.2) is 52.0 Å². The van der Waals surface area contributed by atoms with E-state index in [9.17, 15) is 9.59 Å². The highest BCUT2D eigenvalue weighted by Crippen LogP contribution is 2.28. The van der Waals surface area contributed by atoms with Crippen molar-refractivity contribution in [3.63, 3.8) is 0 Å². The number of carbonyl (C=O) groups is 2. The SMILES string of the molecule is CCOc1cc(/C=N\NC(=O)c2cccc(Br)c2)ccc1OCC(=O)O. The summed E-state index contributed by atoms with van der Waals surface area (Å²) in [6, 6.07) is 11.9. The van der Waals surface area contributed by atoms with Crippen molar-refractivity contribution < 1.29 is 24.2 Å². The van der Waals surface area contributed by atoms with Gasteiger partial charge in [-0.3, -0.25) is 4.79 Å². The molecular weight excluding hydrogens is 404 g/mol. The number of hydrogen-bond donors (Lipinski definition) is 2. The van der Waals surface area contributed by atoms with E-state index in [1.807, 2.05) is 6.07 Å². The van der Waals surface area contributed by atoms with Crippen LogP contribution in [0.1, 0.15) is 22.8 Å². The molecule has 0 atom stereocenters. The highest BCUT2D eigenvalue weighted by Gasteiger charge is 2.08. The Kier molecular flexibility index (Phi) is 7.16. The molecule has 0 aliphatic heterocycles. The van der Waals surface area contributed by atoms with Crippen molar-refractivity contribution in [2.45, 2.75) is 6.92 Å². The topological polar surface area (TPSA) is 97.2 Å². The summed E-state index contributed by atoms with van der Waals surface area (Å²) in [4.78, 5) is 22.6. The van der Waals surface area contributed by atoms with Gasteiger partial charge in [-0.15, -0.1) is 0 Å². The molecule has 7 nitrogen and oxygen atoms in total. The van der Waals surface area contributed by atoms with Gasteiger partial charge >= 0.3 is 5.97 Å². The number of aliphatic carboxylic acids is 1. The van der Waals surface area contributed by atoms with Crippen LogP contribution in [0.4, 0.5) is 0 Å². The van der Waals surface area contributed by atoms with Crippen LogP contribution in [-0.2, 0) is 4.79 Å². The van der Waals surface area contributed by atoms with Gasteiger partial charge in [-0.2, -0.15) is 5.10 Å². The molecule has 2 N–H and O–H groups in total. The molecule has 0 aliphatic rings. The standard InChI is InChI=1S/C18H17BrN2O5/c1-2-25-16-8-12(6-7-15(16)26-11-17(22)23)10-20-21-18(24)13-4-3-5-14(19)9-13/h3-10H,2,11H2,1H3,(H,21,24)(H,22,23)/b20-10-. The first-order valence-electron chi connectivity index (χ1n) is 7.70. The quantitative estimate of drug-likeness (QED) is 0.505. The number of carboxylic acids is 1. The van der Waals surface area contributed by atoms with Crippen molar-refractivity contribution in [2.24, 2.45) is 5.10 Å². The largest absolute Gasteiger partial charge is 0.490 e. The van der Waals surface area contributed by atoms with Crippen LogP contribution in [-0.4, -0.2) is 36.4 Å². The molecule has 136 valence electrons. The fraction of sp³-hybridized carbons (Fsp3) is 0.167. The minimum absolute atomic E-state index is 0.324. The number of benzene rings is 2. The number of hydrogen-bond acceptors (Lipinski definition) is 5. The highest BCUT2D eigenvalue weighted by atomic mass is 79.9. The van der Waals surface area contributed by atoms with E-state index in [-0.39, 0.29) is 5.91 Å². The Labute approximate surface area is 158 Å². The lowest BCUT2D eigenvalue weighted by Crippen LogP contribution is -2.17. The van der Waals surface area contributed by atoms with Crippen LogP contribution in [0, 0.1) is 0 Å². The molecule has 0 heterocycles. The lowest BCUT2D eigenvalue weighted by molar-refractivity contribution is -0.139. The molecule has 1 amide bonds. The van der Waals surface area contributed by atoms with E-state index in [1.165, 1.54) is 6.21 Å². The average molecular weight is 421 g/mol. The third-order valence-electron chi connectivity index (χ3n) is 3.09. The first-order valence-corrected chi connectivity index (χ1v) is 8.49. The Balaban J connectivity index is 2.05. The maximum Gasteiger partial charge on any atom is 0.341 e. The van der Waals surface area contributed by atoms with E-state index in [2.05, 4.69) is 26.5 Å². The summed E-state index contributed by atoms with van der Waals surface area (Å²) in [5, 5.41) is 12.6. The second-order valence-electron chi connectivity index (χ2n) is 5.03. The van der Waals surface area contributed by atoms with Crippen LogP contribution < -0.4 is 14.9 Å². The Bertz CT molecular complexity index is 823. The first-order chi connectivity index (χ1) is 12.5. The number of ether oxygens (including phenoxy) is 2. The predicted molar refractivity (Wildman–Crippen MR) is 99.9 cm³/mol. The number of carbonyl (C=O) groups excluding carboxylic acids is 1. The number of halogens is 1. The van der Waals surface area contributed by atoms with Crippen molar-refractivity contribution >= 4 is 34.0 Å². The van der Waals surface area contributed by atoms with E-state index < -0.39 is 12.6 Å². The van der Waals surface area contributed by atoms with Crippen LogP contribution in [0.2, 0.25) is 0 Å². The van der Waals surface area contributed by atoms with Crippen molar-refractivity contribution in [2.75, 3.05) is 13.2 Å². The summed E-state index contributed by atoms with van der Waals surface area (Å²) < 4.78 is 11.4. The normalized spacial score (nSPS) is 10.5. The van der Waals surface area contributed by atoms with Crippen molar-refractivity contribution in [3.8, 4) is 11.5 Å². The molecule has 2 aromatic rings. The summed E-state index contributed by atoms with van der Waals surface area (Å²) >= 11 is 3.31. The Morgan fingerprint density at radius 1 is 1.19 bits per heavy atom. The molecule has 0 aliphatic carbocycles. The zero-order valence-electron chi connectivity index (χ0n) is 13.9. The van der Waals surface area contributed by atoms with Crippen molar-refractivity contribution in [3.05, 3.63) is 58.1 Å². The van der Waals surface area contributed by atoms with Gasteiger partial charge in [-0.25, -0.2) is 10.2 Å². The molecule has 0 unspecified atom stereocenters. The molecule has 0 saturated heterocycles. The summed E-state index contributed by atoms with van der Waals surface area (Å²) in [7, 11) is 0. The molecule has 2 aromatic carbocycles. The summed E-state index contributed by atoms with van der Waals surface area (Å²) in [5.41, 5.74) is 3.57. The fourth-order valence-electron chi connectivity index (χ4n) is 1.99. The summed E-state index contributed by atoms with van der Waals surface area (Å²) in [6.45, 7) is 1.74. The van der Waals surface area contributed by atoms with Gasteiger partial charge in [0, 0.05) is 10.0 Å². The number of rotatable bonds is 8. The van der Waals surface area contributed by atoms with Gasteiger partial charge < -0.3 is 14.6 Å². The van der Waals surface area contributed by atoms with Gasteiger partial charge in [0.1, 0.15) is 0 Å². The van der Waals surface area contributed by atoms with Crippen LogP contribution in [0.25, 0.3) is 0 Å². The number of nitrogens with zero attached hydrogens (tertiary/aromatic N) is 1. The number of nitrogens with one attached hydrogen (secondary N) is 1. The van der Waals surface area contributed by atoms with Gasteiger partial charge in [0.25, 0.3) is 5.91 Å². The maximum atomic E-state index is 12.0. The minimum atomic E-state index is -1.08. The minimum Gasteiger partial charge on any atom is -0.490 e. The van der Waals surface area contributed by atoms with Gasteiger partial charge in [-0.1, -0.05) is 22.0 Å². The Morgan fingerprint density at radius 2 is 2.00 bits per heavy atom. The van der Waals surface area contributed by atoms with Crippen molar-refractivity contribution in [1.29, 1.82) is 0 Å².